The highest BCUT2D eigenvalue weighted by molar-refractivity contribution is 6.26. The number of hydrogen-bond acceptors (Lipinski definition) is 3. The summed E-state index contributed by atoms with van der Waals surface area (Å²) in [5.74, 6) is 0. The van der Waals surface area contributed by atoms with E-state index in [1.807, 2.05) is 30.3 Å². The van der Waals surface area contributed by atoms with Crippen LogP contribution in [0.2, 0.25) is 0 Å². The zero-order valence-electron chi connectivity index (χ0n) is 9.81. The van der Waals surface area contributed by atoms with Gasteiger partial charge in [0.2, 0.25) is 6.08 Å². The minimum atomic E-state index is -0.000232. The summed E-state index contributed by atoms with van der Waals surface area (Å²) >= 11 is 0. The zero-order valence-corrected chi connectivity index (χ0v) is 9.81. The molecule has 0 aliphatic rings. The van der Waals surface area contributed by atoms with Crippen LogP contribution in [0, 0.1) is 0 Å². The van der Waals surface area contributed by atoms with E-state index in [-0.39, 0.29) is 5.43 Å². The summed E-state index contributed by atoms with van der Waals surface area (Å²) in [5.41, 5.74) is 0.470. The smallest absolute Gasteiger partial charge is 0.240 e. The van der Waals surface area contributed by atoms with Crippen LogP contribution in [0.1, 0.15) is 0 Å². The minimum absolute atomic E-state index is 0.000232. The fraction of sp³-hybridized carbons (Fsp3) is 0. The Morgan fingerprint density at radius 1 is 0.895 bits per heavy atom. The fourth-order valence-corrected chi connectivity index (χ4v) is 2.86. The second kappa shape index (κ2) is 3.37. The van der Waals surface area contributed by atoms with Gasteiger partial charge in [0.25, 0.3) is 0 Å². The molecule has 0 aliphatic heterocycles. The first-order valence-electron chi connectivity index (χ1n) is 5.91. The van der Waals surface area contributed by atoms with Crippen LogP contribution in [0.5, 0.6) is 0 Å². The highest BCUT2D eigenvalue weighted by atomic mass is 16.1. The topological polar surface area (TPSA) is 46.5 Å². The van der Waals surface area contributed by atoms with Gasteiger partial charge in [-0.3, -0.25) is 4.79 Å². The summed E-state index contributed by atoms with van der Waals surface area (Å²) in [4.78, 5) is 26.4. The van der Waals surface area contributed by atoms with Gasteiger partial charge in [-0.1, -0.05) is 30.3 Å². The molecule has 0 aromatic heterocycles. The Labute approximate surface area is 107 Å². The van der Waals surface area contributed by atoms with Crippen LogP contribution >= 0.6 is 0 Å². The molecule has 19 heavy (non-hydrogen) atoms. The zero-order chi connectivity index (χ0) is 13.0. The molecule has 4 aromatic rings. The molecule has 0 radical (unpaired) electrons. The lowest BCUT2D eigenvalue weighted by Crippen LogP contribution is -1.92. The van der Waals surface area contributed by atoms with Crippen LogP contribution in [0.25, 0.3) is 32.3 Å². The van der Waals surface area contributed by atoms with E-state index in [9.17, 15) is 9.59 Å². The number of carbonyl (C=O) groups excluding carboxylic acids is 1. The first-order valence-corrected chi connectivity index (χ1v) is 5.91. The second-order valence-electron chi connectivity index (χ2n) is 4.59. The normalized spacial score (nSPS) is 11.4. The van der Waals surface area contributed by atoms with E-state index in [2.05, 4.69) is 4.99 Å². The van der Waals surface area contributed by atoms with Gasteiger partial charge < -0.3 is 0 Å². The lowest BCUT2D eigenvalue weighted by atomic mass is 10.0. The molecule has 3 nitrogen and oxygen atoms in total. The van der Waals surface area contributed by atoms with Gasteiger partial charge in [-0.15, -0.1) is 0 Å². The van der Waals surface area contributed by atoms with Crippen LogP contribution in [-0.4, -0.2) is 6.08 Å². The fourth-order valence-electron chi connectivity index (χ4n) is 2.86. The molecule has 0 N–H and O–H groups in total. The van der Waals surface area contributed by atoms with E-state index in [1.54, 1.807) is 12.1 Å². The van der Waals surface area contributed by atoms with Gasteiger partial charge in [0.15, 0.2) is 5.43 Å². The lowest BCUT2D eigenvalue weighted by molar-refractivity contribution is 0.565. The first kappa shape index (κ1) is 10.2. The van der Waals surface area contributed by atoms with E-state index in [1.165, 1.54) is 6.08 Å². The van der Waals surface area contributed by atoms with Crippen molar-refractivity contribution in [2.75, 3.05) is 0 Å². The summed E-state index contributed by atoms with van der Waals surface area (Å²) in [5, 5.41) is 5.30. The molecule has 0 fully saturated rings. The average molecular weight is 245 g/mol. The van der Waals surface area contributed by atoms with Crippen molar-refractivity contribution in [2.45, 2.75) is 0 Å². The number of aliphatic imine (C=N–C) groups is 1. The van der Waals surface area contributed by atoms with Gasteiger partial charge in [-0.05, 0) is 22.9 Å². The molecule has 0 atom stereocenters. The van der Waals surface area contributed by atoms with Gasteiger partial charge in [0.1, 0.15) is 0 Å². The van der Waals surface area contributed by atoms with Crippen LogP contribution in [0.15, 0.2) is 52.3 Å². The highest BCUT2D eigenvalue weighted by Crippen LogP contribution is 2.35. The molecule has 0 unspecified atom stereocenters. The molecule has 0 spiro atoms. The second-order valence-corrected chi connectivity index (χ2v) is 4.59. The molecule has 0 aliphatic carbocycles. The maximum Gasteiger partial charge on any atom is 0.240 e. The molecular weight excluding hydrogens is 238 g/mol. The molecule has 88 valence electrons. The van der Waals surface area contributed by atoms with E-state index >= 15 is 0 Å². The van der Waals surface area contributed by atoms with Crippen LogP contribution in [-0.2, 0) is 4.79 Å². The minimum Gasteiger partial charge on any atom is -0.289 e. The Hall–Kier alpha value is -2.77. The summed E-state index contributed by atoms with van der Waals surface area (Å²) in [7, 11) is 0. The Morgan fingerprint density at radius 2 is 1.68 bits per heavy atom. The Morgan fingerprint density at radius 3 is 2.53 bits per heavy atom. The largest absolute Gasteiger partial charge is 0.289 e. The summed E-state index contributed by atoms with van der Waals surface area (Å²) in [6.45, 7) is 0. The molecule has 0 saturated carbocycles. The van der Waals surface area contributed by atoms with Gasteiger partial charge in [-0.25, -0.2) is 4.79 Å². The standard InChI is InChI=1S/C16H7NO2/c18-8-17-11-6-10-5-4-9-2-1-3-12-14(9)15(10)13(7-11)16(12)19/h1-7H. The van der Waals surface area contributed by atoms with E-state index in [4.69, 9.17) is 0 Å². The van der Waals surface area contributed by atoms with Gasteiger partial charge in [0.05, 0.1) is 5.69 Å². The van der Waals surface area contributed by atoms with E-state index < -0.39 is 0 Å². The molecule has 4 aromatic carbocycles. The van der Waals surface area contributed by atoms with Crippen LogP contribution < -0.4 is 5.43 Å². The number of nitrogens with zero attached hydrogens (tertiary/aromatic N) is 1. The van der Waals surface area contributed by atoms with Gasteiger partial charge >= 0.3 is 0 Å². The van der Waals surface area contributed by atoms with E-state index in [0.717, 1.165) is 26.9 Å². The third kappa shape index (κ3) is 1.20. The van der Waals surface area contributed by atoms with Gasteiger partial charge in [0, 0.05) is 21.5 Å². The number of benzene rings is 3. The van der Waals surface area contributed by atoms with Crippen LogP contribution in [0.3, 0.4) is 0 Å². The third-order valence-corrected chi connectivity index (χ3v) is 3.61. The average Bonchev–Trinajstić information content (AvgIpc) is 2.72. The lowest BCUT2D eigenvalue weighted by Gasteiger charge is -2.02. The predicted octanol–water partition coefficient (Wildman–Crippen LogP) is 3.35. The Balaban J connectivity index is 2.41. The number of isocyanates is 1. The highest BCUT2D eigenvalue weighted by Gasteiger charge is 2.15. The maximum atomic E-state index is 12.4. The molecule has 0 bridgehead atoms. The summed E-state index contributed by atoms with van der Waals surface area (Å²) < 4.78 is 0. The quantitative estimate of drug-likeness (QED) is 0.293. The van der Waals surface area contributed by atoms with Crippen LogP contribution in [0.4, 0.5) is 5.69 Å². The predicted molar refractivity (Wildman–Crippen MR) is 75.4 cm³/mol. The van der Waals surface area contributed by atoms with Crippen molar-refractivity contribution in [2.24, 2.45) is 4.99 Å². The molecule has 4 rings (SSSR count). The first-order chi connectivity index (χ1) is 9.29. The SMILES string of the molecule is O=C=Nc1cc2ccc3cccc4c(=O)c(c1)c2c34. The van der Waals surface area contributed by atoms with Crippen molar-refractivity contribution >= 4 is 44.1 Å². The van der Waals surface area contributed by atoms with Crippen molar-refractivity contribution < 1.29 is 4.79 Å². The molecular formula is C16H7NO2. The van der Waals surface area contributed by atoms with Gasteiger partial charge in [-0.2, -0.15) is 4.99 Å². The Bertz CT molecular complexity index is 1030. The van der Waals surface area contributed by atoms with Crippen molar-refractivity contribution in [1.29, 1.82) is 0 Å². The van der Waals surface area contributed by atoms with E-state index in [0.29, 0.717) is 11.1 Å². The van der Waals surface area contributed by atoms with Crippen molar-refractivity contribution in [1.82, 2.24) is 0 Å². The molecule has 0 amide bonds. The molecule has 0 heterocycles. The third-order valence-electron chi connectivity index (χ3n) is 3.61. The molecule has 3 heteroatoms. The van der Waals surface area contributed by atoms with Crippen molar-refractivity contribution in [3.63, 3.8) is 0 Å². The number of hydrogen-bond donors (Lipinski definition) is 0. The summed E-state index contributed by atoms with van der Waals surface area (Å²) in [6.07, 6.45) is 1.52. The van der Waals surface area contributed by atoms with Crippen molar-refractivity contribution in [3.05, 3.63) is 52.7 Å². The van der Waals surface area contributed by atoms with Crippen molar-refractivity contribution in [3.8, 4) is 0 Å². The Kier molecular flexibility index (Phi) is 1.81. The monoisotopic (exact) mass is 245 g/mol. The summed E-state index contributed by atoms with van der Waals surface area (Å²) in [6, 6.07) is 13.1. The molecule has 0 saturated heterocycles. The maximum absolute atomic E-state index is 12.4. The number of rotatable bonds is 1.